The van der Waals surface area contributed by atoms with Crippen molar-refractivity contribution < 1.29 is 4.74 Å². The van der Waals surface area contributed by atoms with Crippen molar-refractivity contribution in [3.63, 3.8) is 0 Å². The van der Waals surface area contributed by atoms with E-state index in [9.17, 15) is 0 Å². The molecule has 5 heteroatoms. The number of hydrogen-bond acceptors (Lipinski definition) is 4. The van der Waals surface area contributed by atoms with Gasteiger partial charge in [-0.1, -0.05) is 12.2 Å². The second kappa shape index (κ2) is 4.72. The summed E-state index contributed by atoms with van der Waals surface area (Å²) in [4.78, 5) is 8.10. The minimum Gasteiger partial charge on any atom is -0.370 e. The van der Waals surface area contributed by atoms with Crippen molar-refractivity contribution in [1.82, 2.24) is 15.3 Å². The Balaban J connectivity index is 2.07. The molecule has 2 heterocycles. The van der Waals surface area contributed by atoms with Crippen LogP contribution in [0.2, 0.25) is 0 Å². The van der Waals surface area contributed by atoms with Gasteiger partial charge in [0.05, 0.1) is 0 Å². The number of nitrogens with zero attached hydrogens (tertiary/aromatic N) is 1. The Morgan fingerprint density at radius 2 is 2.11 bits per heavy atom. The number of rotatable bonds is 2. The van der Waals surface area contributed by atoms with Crippen molar-refractivity contribution in [3.05, 3.63) is 21.7 Å². The van der Waals surface area contributed by atoms with Crippen LogP contribution in [0.3, 0.4) is 0 Å². The molecule has 0 saturated heterocycles. The summed E-state index contributed by atoms with van der Waals surface area (Å²) in [5, 5.41) is 3.34. The van der Waals surface area contributed by atoms with Crippen LogP contribution in [0, 0.1) is 4.64 Å². The van der Waals surface area contributed by atoms with Gasteiger partial charge in [0.2, 0.25) is 0 Å². The molecule has 1 aromatic heterocycles. The highest BCUT2D eigenvalue weighted by Crippen LogP contribution is 2.40. The van der Waals surface area contributed by atoms with E-state index in [0.717, 1.165) is 48.4 Å². The maximum absolute atomic E-state index is 5.78. The average Bonchev–Trinajstić information content (AvgIpc) is 2.89. The van der Waals surface area contributed by atoms with Gasteiger partial charge in [0.25, 0.3) is 0 Å². The normalized spacial score (nSPS) is 21.8. The van der Waals surface area contributed by atoms with Crippen LogP contribution in [0.1, 0.15) is 42.8 Å². The second-order valence-corrected chi connectivity index (χ2v) is 5.57. The average molecular weight is 265 g/mol. The van der Waals surface area contributed by atoms with Crippen molar-refractivity contribution >= 4 is 12.2 Å². The molecule has 1 saturated carbocycles. The first-order valence-electron chi connectivity index (χ1n) is 6.64. The van der Waals surface area contributed by atoms with Crippen LogP contribution in [0.25, 0.3) is 0 Å². The third-order valence-electron chi connectivity index (χ3n) is 4.19. The molecule has 2 N–H and O–H groups in total. The smallest absolute Gasteiger partial charge is 0.140 e. The van der Waals surface area contributed by atoms with Crippen LogP contribution in [0.4, 0.5) is 0 Å². The molecule has 1 aromatic rings. The van der Waals surface area contributed by atoms with Crippen LogP contribution < -0.4 is 5.32 Å². The Bertz CT molecular complexity index is 505. The molecule has 18 heavy (non-hydrogen) atoms. The van der Waals surface area contributed by atoms with E-state index in [-0.39, 0.29) is 5.60 Å². The number of H-pyrrole nitrogens is 1. The maximum Gasteiger partial charge on any atom is 0.140 e. The van der Waals surface area contributed by atoms with Crippen LogP contribution >= 0.6 is 12.2 Å². The third kappa shape index (κ3) is 1.90. The molecular weight excluding hydrogens is 246 g/mol. The molecule has 0 radical (unpaired) electrons. The van der Waals surface area contributed by atoms with E-state index in [2.05, 4.69) is 15.3 Å². The zero-order chi connectivity index (χ0) is 12.6. The first-order valence-corrected chi connectivity index (χ1v) is 7.04. The highest BCUT2D eigenvalue weighted by atomic mass is 32.1. The Morgan fingerprint density at radius 3 is 2.83 bits per heavy atom. The topological polar surface area (TPSA) is 49.9 Å². The molecular formula is C13H19N3OS. The van der Waals surface area contributed by atoms with E-state index in [1.807, 2.05) is 0 Å². The molecule has 98 valence electrons. The van der Waals surface area contributed by atoms with Crippen molar-refractivity contribution in [2.75, 3.05) is 13.7 Å². The summed E-state index contributed by atoms with van der Waals surface area (Å²) in [6.45, 7) is 1.83. The van der Waals surface area contributed by atoms with E-state index in [4.69, 9.17) is 17.0 Å². The summed E-state index contributed by atoms with van der Waals surface area (Å²) in [6, 6.07) is 0. The summed E-state index contributed by atoms with van der Waals surface area (Å²) in [7, 11) is 1.78. The quantitative estimate of drug-likeness (QED) is 0.805. The highest BCUT2D eigenvalue weighted by molar-refractivity contribution is 7.71. The molecule has 4 nitrogen and oxygen atoms in total. The monoisotopic (exact) mass is 265 g/mol. The minimum atomic E-state index is -0.229. The van der Waals surface area contributed by atoms with Gasteiger partial charge in [0.15, 0.2) is 0 Å². The molecule has 0 amide bonds. The minimum absolute atomic E-state index is 0.229. The van der Waals surface area contributed by atoms with Crippen LogP contribution in [0.5, 0.6) is 0 Å². The summed E-state index contributed by atoms with van der Waals surface area (Å²) < 4.78 is 6.51. The Kier molecular flexibility index (Phi) is 3.21. The van der Waals surface area contributed by atoms with Crippen molar-refractivity contribution in [2.24, 2.45) is 0 Å². The maximum atomic E-state index is 5.78. The van der Waals surface area contributed by atoms with Gasteiger partial charge in [-0.2, -0.15) is 0 Å². The number of fused-ring (bicyclic) bond motifs is 1. The lowest BCUT2D eigenvalue weighted by Crippen LogP contribution is -2.31. The van der Waals surface area contributed by atoms with Crippen LogP contribution in [0.15, 0.2) is 0 Å². The Labute approximate surface area is 112 Å². The number of nitrogens with one attached hydrogen (secondary N) is 2. The third-order valence-corrected chi connectivity index (χ3v) is 4.53. The van der Waals surface area contributed by atoms with Gasteiger partial charge in [0, 0.05) is 37.9 Å². The van der Waals surface area contributed by atoms with E-state index in [0.29, 0.717) is 0 Å². The molecule has 0 bridgehead atoms. The molecule has 0 aromatic carbocycles. The molecule has 1 aliphatic heterocycles. The van der Waals surface area contributed by atoms with E-state index < -0.39 is 0 Å². The van der Waals surface area contributed by atoms with E-state index >= 15 is 0 Å². The van der Waals surface area contributed by atoms with Crippen LogP contribution in [-0.2, 0) is 23.3 Å². The van der Waals surface area contributed by atoms with Crippen molar-refractivity contribution in [2.45, 2.75) is 44.2 Å². The molecule has 3 rings (SSSR count). The molecule has 1 fully saturated rings. The van der Waals surface area contributed by atoms with Gasteiger partial charge in [-0.05, 0) is 25.7 Å². The van der Waals surface area contributed by atoms with Gasteiger partial charge in [-0.15, -0.1) is 0 Å². The lowest BCUT2D eigenvalue weighted by Gasteiger charge is -2.28. The summed E-state index contributed by atoms with van der Waals surface area (Å²) in [6.07, 6.45) is 5.48. The number of hydrogen-bond donors (Lipinski definition) is 2. The summed E-state index contributed by atoms with van der Waals surface area (Å²) in [5.41, 5.74) is 2.17. The van der Waals surface area contributed by atoms with Gasteiger partial charge >= 0.3 is 0 Å². The van der Waals surface area contributed by atoms with Gasteiger partial charge < -0.3 is 15.0 Å². The van der Waals surface area contributed by atoms with Crippen LogP contribution in [-0.4, -0.2) is 23.6 Å². The number of aromatic nitrogens is 2. The fourth-order valence-corrected chi connectivity index (χ4v) is 3.35. The van der Waals surface area contributed by atoms with Crippen molar-refractivity contribution in [1.29, 1.82) is 0 Å². The zero-order valence-electron chi connectivity index (χ0n) is 10.7. The number of methoxy groups -OCH3 is 1. The SMILES string of the molecule is COC1(c2nc(=S)c3c([nH]2)CCNC3)CCCC1. The van der Waals surface area contributed by atoms with Gasteiger partial charge in [-0.25, -0.2) is 4.98 Å². The Morgan fingerprint density at radius 1 is 1.33 bits per heavy atom. The van der Waals surface area contributed by atoms with Gasteiger partial charge in [0.1, 0.15) is 16.1 Å². The summed E-state index contributed by atoms with van der Waals surface area (Å²) in [5.74, 6) is 0.938. The largest absolute Gasteiger partial charge is 0.370 e. The summed E-state index contributed by atoms with van der Waals surface area (Å²) >= 11 is 5.43. The van der Waals surface area contributed by atoms with Gasteiger partial charge in [-0.3, -0.25) is 0 Å². The lowest BCUT2D eigenvalue weighted by molar-refractivity contribution is -0.0166. The standard InChI is InChI=1S/C13H19N3OS/c1-17-13(5-2-3-6-13)12-15-10-4-7-14-8-9(10)11(18)16-12/h14H,2-8H2,1H3,(H,15,16,18). The zero-order valence-corrected chi connectivity index (χ0v) is 11.5. The molecule has 0 unspecified atom stereocenters. The molecule has 0 atom stereocenters. The second-order valence-electron chi connectivity index (χ2n) is 5.18. The highest BCUT2D eigenvalue weighted by Gasteiger charge is 2.38. The fourth-order valence-electron chi connectivity index (χ4n) is 3.07. The van der Waals surface area contributed by atoms with E-state index in [1.54, 1.807) is 7.11 Å². The predicted molar refractivity (Wildman–Crippen MR) is 72.0 cm³/mol. The fraction of sp³-hybridized carbons (Fsp3) is 0.692. The molecule has 1 aliphatic carbocycles. The first-order chi connectivity index (χ1) is 8.75. The molecule has 0 spiro atoms. The number of ether oxygens (including phenoxy) is 1. The molecule has 2 aliphatic rings. The van der Waals surface area contributed by atoms with E-state index in [1.165, 1.54) is 18.5 Å². The van der Waals surface area contributed by atoms with Crippen molar-refractivity contribution in [3.8, 4) is 0 Å². The first kappa shape index (κ1) is 12.3. The predicted octanol–water partition coefficient (Wildman–Crippen LogP) is 2.20. The Hall–Kier alpha value is -0.780. The lowest BCUT2D eigenvalue weighted by atomic mass is 10.00. The number of aromatic amines is 1.